The molecule has 102 valence electrons. The Bertz CT molecular complexity index is 474. The van der Waals surface area contributed by atoms with Crippen molar-refractivity contribution in [3.63, 3.8) is 0 Å². The summed E-state index contributed by atoms with van der Waals surface area (Å²) in [4.78, 5) is 14.6. The van der Waals surface area contributed by atoms with E-state index >= 15 is 0 Å². The molecule has 0 unspecified atom stereocenters. The zero-order valence-corrected chi connectivity index (χ0v) is 11.8. The van der Waals surface area contributed by atoms with E-state index in [1.54, 1.807) is 0 Å². The second kappa shape index (κ2) is 5.36. The van der Waals surface area contributed by atoms with Gasteiger partial charge in [0.05, 0.1) is 0 Å². The highest BCUT2D eigenvalue weighted by molar-refractivity contribution is 5.94. The number of rotatable bonds is 2. The molecular weight excluding hydrogens is 234 g/mol. The molecule has 0 bridgehead atoms. The van der Waals surface area contributed by atoms with E-state index in [4.69, 9.17) is 0 Å². The van der Waals surface area contributed by atoms with Gasteiger partial charge in [0.1, 0.15) is 0 Å². The summed E-state index contributed by atoms with van der Waals surface area (Å²) in [5.41, 5.74) is 3.81. The van der Waals surface area contributed by atoms with Gasteiger partial charge in [0.15, 0.2) is 0 Å². The first kappa shape index (κ1) is 12.7. The fourth-order valence-corrected chi connectivity index (χ4v) is 3.56. The number of amides is 1. The number of hydrogen-bond donors (Lipinski definition) is 0. The van der Waals surface area contributed by atoms with E-state index in [2.05, 4.69) is 25.1 Å². The van der Waals surface area contributed by atoms with Gasteiger partial charge in [-0.2, -0.15) is 0 Å². The summed E-state index contributed by atoms with van der Waals surface area (Å²) in [5.74, 6) is 0.986. The van der Waals surface area contributed by atoms with Gasteiger partial charge in [-0.05, 0) is 50.2 Å². The Hall–Kier alpha value is -1.31. The lowest BCUT2D eigenvalue weighted by molar-refractivity contribution is -0.119. The largest absolute Gasteiger partial charge is 0.312 e. The van der Waals surface area contributed by atoms with E-state index in [0.29, 0.717) is 11.8 Å². The Morgan fingerprint density at radius 3 is 2.84 bits per heavy atom. The maximum atomic E-state index is 12.5. The van der Waals surface area contributed by atoms with Crippen molar-refractivity contribution < 1.29 is 4.79 Å². The van der Waals surface area contributed by atoms with Gasteiger partial charge in [-0.3, -0.25) is 4.79 Å². The SMILES string of the molecule is Cc1ccc2c(c1)CCCN2C(=O)CC1CCCC1. The van der Waals surface area contributed by atoms with Gasteiger partial charge in [-0.15, -0.1) is 0 Å². The van der Waals surface area contributed by atoms with Crippen LogP contribution in [0.2, 0.25) is 0 Å². The lowest BCUT2D eigenvalue weighted by Gasteiger charge is -2.30. The number of carbonyl (C=O) groups excluding carboxylic acids is 1. The van der Waals surface area contributed by atoms with Crippen molar-refractivity contribution in [1.29, 1.82) is 0 Å². The van der Waals surface area contributed by atoms with Gasteiger partial charge in [0, 0.05) is 18.7 Å². The first-order valence-corrected chi connectivity index (χ1v) is 7.64. The maximum Gasteiger partial charge on any atom is 0.227 e. The van der Waals surface area contributed by atoms with Gasteiger partial charge in [-0.1, -0.05) is 30.5 Å². The van der Waals surface area contributed by atoms with E-state index in [0.717, 1.165) is 25.8 Å². The molecule has 3 rings (SSSR count). The Morgan fingerprint density at radius 1 is 1.26 bits per heavy atom. The van der Waals surface area contributed by atoms with Gasteiger partial charge in [0.2, 0.25) is 5.91 Å². The Kier molecular flexibility index (Phi) is 3.58. The predicted octanol–water partition coefficient (Wildman–Crippen LogP) is 3.85. The van der Waals surface area contributed by atoms with Crippen LogP contribution in [0.25, 0.3) is 0 Å². The van der Waals surface area contributed by atoms with Gasteiger partial charge in [0.25, 0.3) is 0 Å². The molecule has 0 radical (unpaired) electrons. The van der Waals surface area contributed by atoms with Crippen molar-refractivity contribution in [2.45, 2.75) is 51.9 Å². The van der Waals surface area contributed by atoms with Gasteiger partial charge in [-0.25, -0.2) is 0 Å². The molecule has 1 fully saturated rings. The molecule has 2 nitrogen and oxygen atoms in total. The summed E-state index contributed by atoms with van der Waals surface area (Å²) in [6.45, 7) is 3.03. The Morgan fingerprint density at radius 2 is 2.05 bits per heavy atom. The van der Waals surface area contributed by atoms with Crippen molar-refractivity contribution >= 4 is 11.6 Å². The van der Waals surface area contributed by atoms with Gasteiger partial charge < -0.3 is 4.90 Å². The Balaban J connectivity index is 1.76. The monoisotopic (exact) mass is 257 g/mol. The fraction of sp³-hybridized carbons (Fsp3) is 0.588. The molecule has 1 heterocycles. The summed E-state index contributed by atoms with van der Waals surface area (Å²) < 4.78 is 0. The van der Waals surface area contributed by atoms with E-state index < -0.39 is 0 Å². The first-order chi connectivity index (χ1) is 9.24. The maximum absolute atomic E-state index is 12.5. The van der Waals surface area contributed by atoms with E-state index in [1.165, 1.54) is 42.5 Å². The lowest BCUT2D eigenvalue weighted by atomic mass is 9.97. The number of benzene rings is 1. The van der Waals surface area contributed by atoms with Crippen molar-refractivity contribution in [3.8, 4) is 0 Å². The second-order valence-electron chi connectivity index (χ2n) is 6.14. The van der Waals surface area contributed by atoms with Crippen LogP contribution in [0, 0.1) is 12.8 Å². The first-order valence-electron chi connectivity index (χ1n) is 7.64. The molecule has 1 aliphatic heterocycles. The highest BCUT2D eigenvalue weighted by Crippen LogP contribution is 2.32. The van der Waals surface area contributed by atoms with Crippen molar-refractivity contribution in [1.82, 2.24) is 0 Å². The van der Waals surface area contributed by atoms with Crippen molar-refractivity contribution in [3.05, 3.63) is 29.3 Å². The molecule has 1 aromatic carbocycles. The number of carbonyl (C=O) groups is 1. The van der Waals surface area contributed by atoms with Crippen LogP contribution in [-0.2, 0) is 11.2 Å². The zero-order chi connectivity index (χ0) is 13.2. The normalized spacial score (nSPS) is 19.5. The van der Waals surface area contributed by atoms with E-state index in [9.17, 15) is 4.79 Å². The smallest absolute Gasteiger partial charge is 0.227 e. The molecule has 0 spiro atoms. The lowest BCUT2D eigenvalue weighted by Crippen LogP contribution is -2.36. The third kappa shape index (κ3) is 2.68. The van der Waals surface area contributed by atoms with Crippen LogP contribution in [0.5, 0.6) is 0 Å². The average Bonchev–Trinajstić information content (AvgIpc) is 2.90. The van der Waals surface area contributed by atoms with Crippen LogP contribution in [0.3, 0.4) is 0 Å². The molecule has 19 heavy (non-hydrogen) atoms. The highest BCUT2D eigenvalue weighted by Gasteiger charge is 2.26. The minimum atomic E-state index is 0.344. The molecule has 0 aromatic heterocycles. The molecule has 2 aliphatic rings. The highest BCUT2D eigenvalue weighted by atomic mass is 16.2. The second-order valence-corrected chi connectivity index (χ2v) is 6.14. The molecule has 2 heteroatoms. The number of aryl methyl sites for hydroxylation is 2. The van der Waals surface area contributed by atoms with Crippen LogP contribution in [0.4, 0.5) is 5.69 Å². The molecule has 1 amide bonds. The minimum Gasteiger partial charge on any atom is -0.312 e. The molecule has 0 saturated heterocycles. The number of hydrogen-bond acceptors (Lipinski definition) is 1. The topological polar surface area (TPSA) is 20.3 Å². The third-order valence-corrected chi connectivity index (χ3v) is 4.59. The third-order valence-electron chi connectivity index (χ3n) is 4.59. The summed E-state index contributed by atoms with van der Waals surface area (Å²) >= 11 is 0. The van der Waals surface area contributed by atoms with Gasteiger partial charge >= 0.3 is 0 Å². The predicted molar refractivity (Wildman–Crippen MR) is 78.4 cm³/mol. The summed E-state index contributed by atoms with van der Waals surface area (Å²) in [7, 11) is 0. The number of nitrogens with zero attached hydrogens (tertiary/aromatic N) is 1. The van der Waals surface area contributed by atoms with Crippen LogP contribution in [0.15, 0.2) is 18.2 Å². The van der Waals surface area contributed by atoms with Crippen LogP contribution >= 0.6 is 0 Å². The fourth-order valence-electron chi connectivity index (χ4n) is 3.56. The minimum absolute atomic E-state index is 0.344. The van der Waals surface area contributed by atoms with Crippen LogP contribution in [0.1, 0.15) is 49.7 Å². The summed E-state index contributed by atoms with van der Waals surface area (Å²) in [6, 6.07) is 6.50. The van der Waals surface area contributed by atoms with Crippen LogP contribution in [-0.4, -0.2) is 12.5 Å². The van der Waals surface area contributed by atoms with Crippen molar-refractivity contribution in [2.75, 3.05) is 11.4 Å². The molecule has 0 atom stereocenters. The quantitative estimate of drug-likeness (QED) is 0.788. The van der Waals surface area contributed by atoms with Crippen molar-refractivity contribution in [2.24, 2.45) is 5.92 Å². The molecular formula is C17H23NO. The Labute approximate surface area is 115 Å². The summed E-state index contributed by atoms with van der Waals surface area (Å²) in [6.07, 6.45) is 8.10. The molecule has 1 aromatic rings. The van der Waals surface area contributed by atoms with E-state index in [1.807, 2.05) is 4.90 Å². The number of anilines is 1. The number of fused-ring (bicyclic) bond motifs is 1. The van der Waals surface area contributed by atoms with Crippen LogP contribution < -0.4 is 4.90 Å². The molecule has 1 aliphatic carbocycles. The molecule has 0 N–H and O–H groups in total. The summed E-state index contributed by atoms with van der Waals surface area (Å²) in [5, 5.41) is 0. The zero-order valence-electron chi connectivity index (χ0n) is 11.8. The standard InChI is InChI=1S/C17H23NO/c1-13-8-9-16-15(11-13)7-4-10-18(16)17(19)12-14-5-2-3-6-14/h8-9,11,14H,2-7,10,12H2,1H3. The van der Waals surface area contributed by atoms with E-state index in [-0.39, 0.29) is 0 Å². The average molecular weight is 257 g/mol. The molecule has 1 saturated carbocycles.